The van der Waals surface area contributed by atoms with Crippen molar-refractivity contribution in [2.75, 3.05) is 13.6 Å². The summed E-state index contributed by atoms with van der Waals surface area (Å²) in [6.07, 6.45) is 0. The maximum Gasteiger partial charge on any atom is 0.239 e. The maximum absolute atomic E-state index is 11.8. The molecule has 0 aliphatic rings. The van der Waals surface area contributed by atoms with Gasteiger partial charge >= 0.3 is 0 Å². The first kappa shape index (κ1) is 13.9. The number of likely N-dealkylation sites (N-methyl/N-ethyl adjacent to an activating group) is 1. The lowest BCUT2D eigenvalue weighted by molar-refractivity contribution is -0.133. The van der Waals surface area contributed by atoms with E-state index in [9.17, 15) is 4.79 Å². The smallest absolute Gasteiger partial charge is 0.239 e. The Balaban J connectivity index is 4.41. The molecule has 0 aromatic carbocycles. The van der Waals surface area contributed by atoms with Crippen molar-refractivity contribution in [1.29, 1.82) is 5.26 Å². The second-order valence-corrected chi connectivity index (χ2v) is 5.09. The molecule has 0 aliphatic carbocycles. The van der Waals surface area contributed by atoms with Gasteiger partial charge in [0.1, 0.15) is 0 Å². The average molecular weight is 211 g/mol. The Morgan fingerprint density at radius 1 is 1.53 bits per heavy atom. The second kappa shape index (κ2) is 5.13. The molecule has 2 N–H and O–H groups in total. The zero-order valence-electron chi connectivity index (χ0n) is 10.2. The summed E-state index contributed by atoms with van der Waals surface area (Å²) in [6, 6.07) is 1.57. The molecule has 4 nitrogen and oxygen atoms in total. The SMILES string of the molecule is CC(C#N)CN(C)C(=O)C(N)C(C)(C)C. The predicted molar refractivity (Wildman–Crippen MR) is 59.8 cm³/mol. The molecular formula is C11H21N3O. The highest BCUT2D eigenvalue weighted by atomic mass is 16.2. The standard InChI is InChI=1S/C11H21N3O/c1-8(6-12)7-14(5)10(15)9(13)11(2,3)4/h8-9H,7,13H2,1-5H3. The fraction of sp³-hybridized carbons (Fsp3) is 0.818. The molecule has 86 valence electrons. The molecule has 0 aliphatic heterocycles. The van der Waals surface area contributed by atoms with E-state index >= 15 is 0 Å². The van der Waals surface area contributed by atoms with Crippen LogP contribution in [0, 0.1) is 22.7 Å². The number of carbonyl (C=O) groups is 1. The molecule has 0 saturated heterocycles. The summed E-state index contributed by atoms with van der Waals surface area (Å²) in [4.78, 5) is 13.4. The van der Waals surface area contributed by atoms with E-state index in [-0.39, 0.29) is 17.2 Å². The lowest BCUT2D eigenvalue weighted by Crippen LogP contribution is -2.49. The number of carbonyl (C=O) groups excluding carboxylic acids is 1. The van der Waals surface area contributed by atoms with Crippen molar-refractivity contribution in [3.05, 3.63) is 0 Å². The van der Waals surface area contributed by atoms with E-state index < -0.39 is 6.04 Å². The van der Waals surface area contributed by atoms with E-state index in [2.05, 4.69) is 6.07 Å². The molecule has 2 atom stereocenters. The summed E-state index contributed by atoms with van der Waals surface area (Å²) in [6.45, 7) is 8.00. The molecule has 2 unspecified atom stereocenters. The van der Waals surface area contributed by atoms with Crippen molar-refractivity contribution in [3.8, 4) is 6.07 Å². The molecule has 1 amide bonds. The largest absolute Gasteiger partial charge is 0.343 e. The van der Waals surface area contributed by atoms with Gasteiger partial charge in [-0.15, -0.1) is 0 Å². The van der Waals surface area contributed by atoms with E-state index in [4.69, 9.17) is 11.0 Å². The van der Waals surface area contributed by atoms with Gasteiger partial charge in [0.25, 0.3) is 0 Å². The van der Waals surface area contributed by atoms with E-state index in [0.717, 1.165) is 0 Å². The number of nitrogens with two attached hydrogens (primary N) is 1. The molecule has 0 bridgehead atoms. The Hall–Kier alpha value is -1.08. The third-order valence-electron chi connectivity index (χ3n) is 2.34. The summed E-state index contributed by atoms with van der Waals surface area (Å²) in [7, 11) is 1.68. The highest BCUT2D eigenvalue weighted by molar-refractivity contribution is 5.82. The third kappa shape index (κ3) is 4.30. The van der Waals surface area contributed by atoms with Gasteiger partial charge in [-0.3, -0.25) is 4.79 Å². The van der Waals surface area contributed by atoms with E-state index in [1.54, 1.807) is 14.0 Å². The summed E-state index contributed by atoms with van der Waals surface area (Å²) < 4.78 is 0. The monoisotopic (exact) mass is 211 g/mol. The molecule has 0 rings (SSSR count). The van der Waals surface area contributed by atoms with Gasteiger partial charge in [0.2, 0.25) is 5.91 Å². The van der Waals surface area contributed by atoms with Crippen LogP contribution in [0.25, 0.3) is 0 Å². The maximum atomic E-state index is 11.8. The number of amides is 1. The second-order valence-electron chi connectivity index (χ2n) is 5.09. The quantitative estimate of drug-likeness (QED) is 0.756. The van der Waals surface area contributed by atoms with Crippen LogP contribution < -0.4 is 5.73 Å². The first-order valence-corrected chi connectivity index (χ1v) is 5.10. The van der Waals surface area contributed by atoms with Gasteiger partial charge in [-0.25, -0.2) is 0 Å². The van der Waals surface area contributed by atoms with Crippen LogP contribution >= 0.6 is 0 Å². The van der Waals surface area contributed by atoms with Crippen LogP contribution in [0.4, 0.5) is 0 Å². The van der Waals surface area contributed by atoms with Crippen LogP contribution in [0.1, 0.15) is 27.7 Å². The van der Waals surface area contributed by atoms with Crippen molar-refractivity contribution >= 4 is 5.91 Å². The van der Waals surface area contributed by atoms with Crippen molar-refractivity contribution in [2.45, 2.75) is 33.7 Å². The van der Waals surface area contributed by atoms with Gasteiger partial charge in [-0.05, 0) is 12.3 Å². The van der Waals surface area contributed by atoms with Crippen LogP contribution in [0.5, 0.6) is 0 Å². The Morgan fingerprint density at radius 2 is 2.00 bits per heavy atom. The van der Waals surface area contributed by atoms with E-state index in [0.29, 0.717) is 6.54 Å². The van der Waals surface area contributed by atoms with Crippen LogP contribution in [0.3, 0.4) is 0 Å². The fourth-order valence-electron chi connectivity index (χ4n) is 1.15. The van der Waals surface area contributed by atoms with Crippen molar-refractivity contribution in [2.24, 2.45) is 17.1 Å². The first-order valence-electron chi connectivity index (χ1n) is 5.10. The van der Waals surface area contributed by atoms with Crippen molar-refractivity contribution < 1.29 is 4.79 Å². The number of rotatable bonds is 3. The van der Waals surface area contributed by atoms with E-state index in [1.165, 1.54) is 4.90 Å². The lowest BCUT2D eigenvalue weighted by atomic mass is 9.86. The van der Waals surface area contributed by atoms with Gasteiger partial charge in [0, 0.05) is 13.6 Å². The van der Waals surface area contributed by atoms with Gasteiger partial charge in [0.05, 0.1) is 18.0 Å². The van der Waals surface area contributed by atoms with E-state index in [1.807, 2.05) is 20.8 Å². The predicted octanol–water partition coefficient (Wildman–Crippen LogP) is 0.978. The van der Waals surface area contributed by atoms with Gasteiger partial charge in [-0.1, -0.05) is 20.8 Å². The molecule has 0 saturated carbocycles. The summed E-state index contributed by atoms with van der Waals surface area (Å²) in [5.74, 6) is -0.268. The van der Waals surface area contributed by atoms with Crippen LogP contribution in [0.2, 0.25) is 0 Å². The minimum Gasteiger partial charge on any atom is -0.343 e. The first-order chi connectivity index (χ1) is 6.70. The molecule has 0 fully saturated rings. The minimum absolute atomic E-state index is 0.107. The number of hydrogen-bond acceptors (Lipinski definition) is 3. The van der Waals surface area contributed by atoms with Crippen LogP contribution in [0.15, 0.2) is 0 Å². The normalized spacial score (nSPS) is 15.3. The highest BCUT2D eigenvalue weighted by Gasteiger charge is 2.29. The molecule has 0 spiro atoms. The Bertz CT molecular complexity index is 262. The zero-order chi connectivity index (χ0) is 12.2. The van der Waals surface area contributed by atoms with Gasteiger partial charge < -0.3 is 10.6 Å². The molecule has 4 heteroatoms. The topological polar surface area (TPSA) is 70.1 Å². The van der Waals surface area contributed by atoms with Gasteiger partial charge in [-0.2, -0.15) is 5.26 Å². The summed E-state index contributed by atoms with van der Waals surface area (Å²) >= 11 is 0. The molecule has 0 radical (unpaired) electrons. The summed E-state index contributed by atoms with van der Waals surface area (Å²) in [5, 5.41) is 8.64. The molecule has 0 aromatic rings. The van der Waals surface area contributed by atoms with Crippen LogP contribution in [-0.2, 0) is 4.79 Å². The Labute approximate surface area is 92.0 Å². The van der Waals surface area contributed by atoms with Crippen molar-refractivity contribution in [1.82, 2.24) is 4.90 Å². The zero-order valence-corrected chi connectivity index (χ0v) is 10.2. The molecule has 0 aromatic heterocycles. The highest BCUT2D eigenvalue weighted by Crippen LogP contribution is 2.18. The Kier molecular flexibility index (Phi) is 4.76. The van der Waals surface area contributed by atoms with Crippen molar-refractivity contribution in [3.63, 3.8) is 0 Å². The number of hydrogen-bond donors (Lipinski definition) is 1. The molecular weight excluding hydrogens is 190 g/mol. The lowest BCUT2D eigenvalue weighted by Gasteiger charge is -2.30. The average Bonchev–Trinajstić information content (AvgIpc) is 2.13. The molecule has 0 heterocycles. The minimum atomic E-state index is -0.520. The number of nitriles is 1. The van der Waals surface area contributed by atoms with Crippen LogP contribution in [-0.4, -0.2) is 30.4 Å². The number of nitrogens with zero attached hydrogens (tertiary/aromatic N) is 2. The summed E-state index contributed by atoms with van der Waals surface area (Å²) in [5.41, 5.74) is 5.59. The third-order valence-corrected chi connectivity index (χ3v) is 2.34. The van der Waals surface area contributed by atoms with Gasteiger partial charge in [0.15, 0.2) is 0 Å². The fourth-order valence-corrected chi connectivity index (χ4v) is 1.15. The molecule has 15 heavy (non-hydrogen) atoms. The Morgan fingerprint density at radius 3 is 2.33 bits per heavy atom.